The number of nitrogens with two attached hydrogens (primary N) is 1. The molecule has 17 heavy (non-hydrogen) atoms. The fourth-order valence-electron chi connectivity index (χ4n) is 2.00. The average Bonchev–Trinajstić information content (AvgIpc) is 2.32. The van der Waals surface area contributed by atoms with Crippen LogP contribution in [0.5, 0.6) is 0 Å². The third-order valence-electron chi connectivity index (χ3n) is 3.08. The summed E-state index contributed by atoms with van der Waals surface area (Å²) < 4.78 is 0. The molecule has 0 aliphatic carbocycles. The molecular weight excluding hydrogens is 216 g/mol. The van der Waals surface area contributed by atoms with Gasteiger partial charge in [0.25, 0.3) is 5.91 Å². The number of pyridine rings is 1. The van der Waals surface area contributed by atoms with E-state index in [9.17, 15) is 4.79 Å². The molecule has 2 rings (SSSR count). The Bertz CT molecular complexity index is 399. The maximum atomic E-state index is 11.9. The summed E-state index contributed by atoms with van der Waals surface area (Å²) in [4.78, 5) is 18.1. The Kier molecular flexibility index (Phi) is 3.58. The predicted molar refractivity (Wildman–Crippen MR) is 66.6 cm³/mol. The SMILES string of the molecule is CN1CCC(NC(=O)c2cncc(N)c2)CC1. The molecule has 0 saturated carbocycles. The fourth-order valence-corrected chi connectivity index (χ4v) is 2.00. The molecule has 92 valence electrons. The van der Waals surface area contributed by atoms with Crippen molar-refractivity contribution < 1.29 is 4.79 Å². The van der Waals surface area contributed by atoms with E-state index in [2.05, 4.69) is 22.2 Å². The van der Waals surface area contributed by atoms with E-state index in [0.29, 0.717) is 11.3 Å². The van der Waals surface area contributed by atoms with Crippen molar-refractivity contribution in [3.8, 4) is 0 Å². The zero-order chi connectivity index (χ0) is 12.3. The standard InChI is InChI=1S/C12H18N4O/c1-16-4-2-11(3-5-16)15-12(17)9-6-10(13)8-14-7-9/h6-8,11H,2-5,13H2,1H3,(H,15,17). The van der Waals surface area contributed by atoms with Crippen LogP contribution in [0.2, 0.25) is 0 Å². The first-order valence-electron chi connectivity index (χ1n) is 5.85. The first kappa shape index (κ1) is 11.9. The number of carbonyl (C=O) groups is 1. The van der Waals surface area contributed by atoms with Crippen molar-refractivity contribution in [2.24, 2.45) is 0 Å². The number of hydrogen-bond acceptors (Lipinski definition) is 4. The molecule has 1 saturated heterocycles. The molecule has 1 fully saturated rings. The topological polar surface area (TPSA) is 71.2 Å². The maximum absolute atomic E-state index is 11.9. The largest absolute Gasteiger partial charge is 0.397 e. The monoisotopic (exact) mass is 234 g/mol. The molecule has 1 aliphatic rings. The summed E-state index contributed by atoms with van der Waals surface area (Å²) in [5, 5.41) is 3.02. The van der Waals surface area contributed by atoms with Crippen molar-refractivity contribution in [3.05, 3.63) is 24.0 Å². The second-order valence-corrected chi connectivity index (χ2v) is 4.56. The highest BCUT2D eigenvalue weighted by atomic mass is 16.1. The van der Waals surface area contributed by atoms with Crippen LogP contribution in [0.4, 0.5) is 5.69 Å². The zero-order valence-electron chi connectivity index (χ0n) is 10.0. The van der Waals surface area contributed by atoms with E-state index in [4.69, 9.17) is 5.73 Å². The highest BCUT2D eigenvalue weighted by Crippen LogP contribution is 2.10. The van der Waals surface area contributed by atoms with Crippen molar-refractivity contribution >= 4 is 11.6 Å². The van der Waals surface area contributed by atoms with Gasteiger partial charge in [-0.2, -0.15) is 0 Å². The van der Waals surface area contributed by atoms with Crippen molar-refractivity contribution in [2.45, 2.75) is 18.9 Å². The third-order valence-corrected chi connectivity index (χ3v) is 3.08. The first-order chi connectivity index (χ1) is 8.15. The number of amides is 1. The smallest absolute Gasteiger partial charge is 0.253 e. The molecule has 1 aromatic heterocycles. The van der Waals surface area contributed by atoms with Gasteiger partial charge in [-0.05, 0) is 39.0 Å². The number of nitrogen functional groups attached to an aromatic ring is 1. The highest BCUT2D eigenvalue weighted by molar-refractivity contribution is 5.94. The molecule has 5 heteroatoms. The molecule has 0 atom stereocenters. The lowest BCUT2D eigenvalue weighted by Crippen LogP contribution is -2.43. The zero-order valence-corrected chi connectivity index (χ0v) is 10.0. The Morgan fingerprint density at radius 1 is 1.47 bits per heavy atom. The molecule has 5 nitrogen and oxygen atoms in total. The van der Waals surface area contributed by atoms with E-state index in [1.54, 1.807) is 12.3 Å². The lowest BCUT2D eigenvalue weighted by Gasteiger charge is -2.29. The van der Waals surface area contributed by atoms with Crippen LogP contribution in [0.3, 0.4) is 0 Å². The number of piperidine rings is 1. The number of anilines is 1. The number of nitrogens with one attached hydrogen (secondary N) is 1. The van der Waals surface area contributed by atoms with Crippen LogP contribution in [0.1, 0.15) is 23.2 Å². The summed E-state index contributed by atoms with van der Waals surface area (Å²) in [7, 11) is 2.10. The molecule has 0 unspecified atom stereocenters. The van der Waals surface area contributed by atoms with Gasteiger partial charge in [0.15, 0.2) is 0 Å². The Morgan fingerprint density at radius 2 is 2.18 bits per heavy atom. The normalized spacial score (nSPS) is 17.9. The summed E-state index contributed by atoms with van der Waals surface area (Å²) in [6.45, 7) is 2.06. The molecule has 1 aliphatic heterocycles. The molecule has 2 heterocycles. The lowest BCUT2D eigenvalue weighted by atomic mass is 10.1. The van der Waals surface area contributed by atoms with Crippen LogP contribution in [0.15, 0.2) is 18.5 Å². The number of nitrogens with zero attached hydrogens (tertiary/aromatic N) is 2. The van der Waals surface area contributed by atoms with E-state index < -0.39 is 0 Å². The maximum Gasteiger partial charge on any atom is 0.253 e. The van der Waals surface area contributed by atoms with Crippen LogP contribution < -0.4 is 11.1 Å². The highest BCUT2D eigenvalue weighted by Gasteiger charge is 2.19. The van der Waals surface area contributed by atoms with E-state index in [-0.39, 0.29) is 11.9 Å². The van der Waals surface area contributed by atoms with Gasteiger partial charge in [-0.1, -0.05) is 0 Å². The van der Waals surface area contributed by atoms with Crippen LogP contribution in [-0.4, -0.2) is 42.0 Å². The van der Waals surface area contributed by atoms with Gasteiger partial charge in [0.1, 0.15) is 0 Å². The van der Waals surface area contributed by atoms with Crippen molar-refractivity contribution in [1.29, 1.82) is 0 Å². The average molecular weight is 234 g/mol. The van der Waals surface area contributed by atoms with Gasteiger partial charge in [0.05, 0.1) is 11.3 Å². The minimum absolute atomic E-state index is 0.0839. The van der Waals surface area contributed by atoms with Gasteiger partial charge >= 0.3 is 0 Å². The number of carbonyl (C=O) groups excluding carboxylic acids is 1. The Morgan fingerprint density at radius 3 is 2.82 bits per heavy atom. The van der Waals surface area contributed by atoms with Gasteiger partial charge in [-0.15, -0.1) is 0 Å². The first-order valence-corrected chi connectivity index (χ1v) is 5.85. The number of hydrogen-bond donors (Lipinski definition) is 2. The van der Waals surface area contributed by atoms with Crippen LogP contribution in [0, 0.1) is 0 Å². The van der Waals surface area contributed by atoms with Gasteiger partial charge < -0.3 is 16.0 Å². The molecule has 1 aromatic rings. The summed E-state index contributed by atoms with van der Waals surface area (Å²) in [6, 6.07) is 1.91. The fraction of sp³-hybridized carbons (Fsp3) is 0.500. The summed E-state index contributed by atoms with van der Waals surface area (Å²) in [5.41, 5.74) is 6.64. The van der Waals surface area contributed by atoms with Crippen molar-refractivity contribution in [1.82, 2.24) is 15.2 Å². The van der Waals surface area contributed by atoms with Crippen molar-refractivity contribution in [3.63, 3.8) is 0 Å². The quantitative estimate of drug-likeness (QED) is 0.781. The Balaban J connectivity index is 1.93. The van der Waals surface area contributed by atoms with Gasteiger partial charge in [0.2, 0.25) is 0 Å². The summed E-state index contributed by atoms with van der Waals surface area (Å²) in [5.74, 6) is -0.0839. The lowest BCUT2D eigenvalue weighted by molar-refractivity contribution is 0.0916. The molecule has 1 amide bonds. The summed E-state index contributed by atoms with van der Waals surface area (Å²) >= 11 is 0. The predicted octanol–water partition coefficient (Wildman–Crippen LogP) is 0.488. The molecule has 0 bridgehead atoms. The number of rotatable bonds is 2. The third kappa shape index (κ3) is 3.17. The molecule has 3 N–H and O–H groups in total. The summed E-state index contributed by atoms with van der Waals surface area (Å²) in [6.07, 6.45) is 5.07. The van der Waals surface area contributed by atoms with Crippen LogP contribution in [-0.2, 0) is 0 Å². The van der Waals surface area contributed by atoms with E-state index >= 15 is 0 Å². The minimum atomic E-state index is -0.0839. The number of aromatic nitrogens is 1. The molecule has 0 spiro atoms. The van der Waals surface area contributed by atoms with Crippen LogP contribution in [0.25, 0.3) is 0 Å². The second-order valence-electron chi connectivity index (χ2n) is 4.56. The minimum Gasteiger partial charge on any atom is -0.397 e. The Labute approximate surface area is 101 Å². The van der Waals surface area contributed by atoms with Gasteiger partial charge in [-0.3, -0.25) is 9.78 Å². The van der Waals surface area contributed by atoms with E-state index in [0.717, 1.165) is 25.9 Å². The second kappa shape index (κ2) is 5.14. The molecular formula is C12H18N4O. The van der Waals surface area contributed by atoms with Gasteiger partial charge in [-0.25, -0.2) is 0 Å². The Hall–Kier alpha value is -1.62. The van der Waals surface area contributed by atoms with E-state index in [1.807, 2.05) is 0 Å². The van der Waals surface area contributed by atoms with Gasteiger partial charge in [0, 0.05) is 18.4 Å². The molecule has 0 aromatic carbocycles. The van der Waals surface area contributed by atoms with E-state index in [1.165, 1.54) is 6.20 Å². The number of likely N-dealkylation sites (tertiary alicyclic amines) is 1. The van der Waals surface area contributed by atoms with Crippen LogP contribution >= 0.6 is 0 Å². The van der Waals surface area contributed by atoms with Crippen molar-refractivity contribution in [2.75, 3.05) is 25.9 Å². The molecule has 0 radical (unpaired) electrons.